The highest BCUT2D eigenvalue weighted by Crippen LogP contribution is 2.34. The molecule has 94 valence electrons. The minimum absolute atomic E-state index is 0.150. The Morgan fingerprint density at radius 2 is 2.06 bits per heavy atom. The molecular weight excluding hydrogens is 281 g/mol. The van der Waals surface area contributed by atoms with Crippen LogP contribution in [0.3, 0.4) is 0 Å². The highest BCUT2D eigenvalue weighted by atomic mass is 79.9. The molecule has 0 radical (unpaired) electrons. The fourth-order valence-electron chi connectivity index (χ4n) is 2.58. The Hall–Kier alpha value is -0.410. The number of benzene rings is 1. The number of halogens is 2. The van der Waals surface area contributed by atoms with E-state index in [9.17, 15) is 4.39 Å². The topological polar surface area (TPSA) is 26.0 Å². The summed E-state index contributed by atoms with van der Waals surface area (Å²) in [4.78, 5) is 0. The molecule has 0 atom stereocenters. The van der Waals surface area contributed by atoms with Crippen LogP contribution in [0.15, 0.2) is 22.7 Å². The first-order chi connectivity index (χ1) is 8.00. The SMILES string of the molecule is CC1CCC(N)(Cc2cccc(F)c2Br)CC1. The van der Waals surface area contributed by atoms with Crippen LogP contribution in [0.4, 0.5) is 4.39 Å². The largest absolute Gasteiger partial charge is 0.325 e. The molecule has 2 rings (SSSR count). The van der Waals surface area contributed by atoms with Crippen molar-refractivity contribution in [2.75, 3.05) is 0 Å². The van der Waals surface area contributed by atoms with Gasteiger partial charge in [-0.1, -0.05) is 19.1 Å². The Morgan fingerprint density at radius 1 is 1.41 bits per heavy atom. The zero-order chi connectivity index (χ0) is 12.5. The summed E-state index contributed by atoms with van der Waals surface area (Å²) in [6.45, 7) is 2.28. The van der Waals surface area contributed by atoms with Gasteiger partial charge in [0.2, 0.25) is 0 Å². The normalized spacial score (nSPS) is 29.3. The molecule has 17 heavy (non-hydrogen) atoms. The van der Waals surface area contributed by atoms with Gasteiger partial charge in [0.1, 0.15) is 5.82 Å². The van der Waals surface area contributed by atoms with Gasteiger partial charge in [-0.05, 0) is 65.6 Å². The molecule has 0 spiro atoms. The third-order valence-corrected chi connectivity index (χ3v) is 4.73. The molecule has 0 unspecified atom stereocenters. The van der Waals surface area contributed by atoms with Crippen LogP contribution in [0.2, 0.25) is 0 Å². The van der Waals surface area contributed by atoms with E-state index in [-0.39, 0.29) is 11.4 Å². The first-order valence-electron chi connectivity index (χ1n) is 6.22. The van der Waals surface area contributed by atoms with Crippen LogP contribution < -0.4 is 5.73 Å². The van der Waals surface area contributed by atoms with Gasteiger partial charge in [-0.15, -0.1) is 0 Å². The second-order valence-electron chi connectivity index (χ2n) is 5.43. The van der Waals surface area contributed by atoms with Crippen LogP contribution in [0.25, 0.3) is 0 Å². The van der Waals surface area contributed by atoms with Crippen molar-refractivity contribution in [3.63, 3.8) is 0 Å². The average molecular weight is 300 g/mol. The van der Waals surface area contributed by atoms with E-state index in [2.05, 4.69) is 22.9 Å². The summed E-state index contributed by atoms with van der Waals surface area (Å²) >= 11 is 3.31. The van der Waals surface area contributed by atoms with Gasteiger partial charge in [0, 0.05) is 5.54 Å². The van der Waals surface area contributed by atoms with Gasteiger partial charge >= 0.3 is 0 Å². The van der Waals surface area contributed by atoms with Gasteiger partial charge in [0.25, 0.3) is 0 Å². The van der Waals surface area contributed by atoms with Crippen molar-refractivity contribution in [3.05, 3.63) is 34.1 Å². The molecule has 0 amide bonds. The zero-order valence-corrected chi connectivity index (χ0v) is 11.8. The standard InChI is InChI=1S/C14H19BrFN/c1-10-5-7-14(17,8-6-10)9-11-3-2-4-12(16)13(11)15/h2-4,10H,5-9,17H2,1H3. The van der Waals surface area contributed by atoms with Crippen molar-refractivity contribution in [1.29, 1.82) is 0 Å². The summed E-state index contributed by atoms with van der Waals surface area (Å²) < 4.78 is 14.0. The molecule has 2 N–H and O–H groups in total. The van der Waals surface area contributed by atoms with Gasteiger partial charge < -0.3 is 5.73 Å². The van der Waals surface area contributed by atoms with Gasteiger partial charge in [-0.25, -0.2) is 4.39 Å². The van der Waals surface area contributed by atoms with Gasteiger partial charge in [0.05, 0.1) is 4.47 Å². The predicted molar refractivity (Wildman–Crippen MR) is 72.4 cm³/mol. The Bertz CT molecular complexity index is 397. The zero-order valence-electron chi connectivity index (χ0n) is 10.2. The molecule has 0 heterocycles. The monoisotopic (exact) mass is 299 g/mol. The summed E-state index contributed by atoms with van der Waals surface area (Å²) in [5.41, 5.74) is 7.27. The fraction of sp³-hybridized carbons (Fsp3) is 0.571. The van der Waals surface area contributed by atoms with E-state index in [0.717, 1.165) is 30.7 Å². The number of hydrogen-bond donors (Lipinski definition) is 1. The van der Waals surface area contributed by atoms with Crippen molar-refractivity contribution in [1.82, 2.24) is 0 Å². The predicted octanol–water partition coefficient (Wildman–Crippen LogP) is 4.04. The van der Waals surface area contributed by atoms with Gasteiger partial charge in [-0.3, -0.25) is 0 Å². The Balaban J connectivity index is 2.12. The first kappa shape index (κ1) is 13.0. The average Bonchev–Trinajstić information content (AvgIpc) is 2.30. The summed E-state index contributed by atoms with van der Waals surface area (Å²) in [7, 11) is 0. The first-order valence-corrected chi connectivity index (χ1v) is 7.01. The van der Waals surface area contributed by atoms with E-state index in [1.165, 1.54) is 18.9 Å². The second-order valence-corrected chi connectivity index (χ2v) is 6.23. The molecular formula is C14H19BrFN. The lowest BCUT2D eigenvalue weighted by Crippen LogP contribution is -2.45. The molecule has 1 saturated carbocycles. The lowest BCUT2D eigenvalue weighted by molar-refractivity contribution is 0.243. The summed E-state index contributed by atoms with van der Waals surface area (Å²) in [6, 6.07) is 5.18. The minimum Gasteiger partial charge on any atom is -0.325 e. The Labute approximate surface area is 111 Å². The molecule has 0 saturated heterocycles. The van der Waals surface area contributed by atoms with Crippen LogP contribution in [0.5, 0.6) is 0 Å². The third kappa shape index (κ3) is 3.08. The van der Waals surface area contributed by atoms with Crippen molar-refractivity contribution in [2.45, 2.75) is 44.6 Å². The number of nitrogens with two attached hydrogens (primary N) is 1. The molecule has 1 aromatic carbocycles. The van der Waals surface area contributed by atoms with Crippen LogP contribution in [0, 0.1) is 11.7 Å². The molecule has 1 aliphatic carbocycles. The Morgan fingerprint density at radius 3 is 2.71 bits per heavy atom. The van der Waals surface area contributed by atoms with Crippen LogP contribution in [0.1, 0.15) is 38.2 Å². The van der Waals surface area contributed by atoms with Crippen LogP contribution in [-0.2, 0) is 6.42 Å². The molecule has 1 aliphatic rings. The van der Waals surface area contributed by atoms with E-state index >= 15 is 0 Å². The van der Waals surface area contributed by atoms with E-state index in [1.54, 1.807) is 6.07 Å². The molecule has 0 aromatic heterocycles. The van der Waals surface area contributed by atoms with Crippen molar-refractivity contribution in [2.24, 2.45) is 11.7 Å². The summed E-state index contributed by atoms with van der Waals surface area (Å²) in [6.07, 6.45) is 5.21. The van der Waals surface area contributed by atoms with Crippen LogP contribution in [-0.4, -0.2) is 5.54 Å². The van der Waals surface area contributed by atoms with Crippen molar-refractivity contribution >= 4 is 15.9 Å². The number of hydrogen-bond acceptors (Lipinski definition) is 1. The molecule has 0 bridgehead atoms. The minimum atomic E-state index is -0.199. The quantitative estimate of drug-likeness (QED) is 0.876. The maximum Gasteiger partial charge on any atom is 0.137 e. The Kier molecular flexibility index (Phi) is 3.88. The van der Waals surface area contributed by atoms with Crippen molar-refractivity contribution < 1.29 is 4.39 Å². The molecule has 3 heteroatoms. The smallest absolute Gasteiger partial charge is 0.137 e. The second kappa shape index (κ2) is 5.07. The number of rotatable bonds is 2. The highest BCUT2D eigenvalue weighted by molar-refractivity contribution is 9.10. The van der Waals surface area contributed by atoms with E-state index in [4.69, 9.17) is 5.73 Å². The third-order valence-electron chi connectivity index (χ3n) is 3.84. The molecule has 1 aromatic rings. The van der Waals surface area contributed by atoms with Crippen LogP contribution >= 0.6 is 15.9 Å². The lowest BCUT2D eigenvalue weighted by Gasteiger charge is -2.36. The molecule has 1 fully saturated rings. The van der Waals surface area contributed by atoms with Gasteiger partial charge in [-0.2, -0.15) is 0 Å². The van der Waals surface area contributed by atoms with E-state index in [1.807, 2.05) is 6.07 Å². The maximum atomic E-state index is 13.4. The highest BCUT2D eigenvalue weighted by Gasteiger charge is 2.30. The fourth-order valence-corrected chi connectivity index (χ4v) is 2.98. The summed E-state index contributed by atoms with van der Waals surface area (Å²) in [5.74, 6) is 0.581. The van der Waals surface area contributed by atoms with E-state index < -0.39 is 0 Å². The maximum absolute atomic E-state index is 13.4. The van der Waals surface area contributed by atoms with E-state index in [0.29, 0.717) is 4.47 Å². The summed E-state index contributed by atoms with van der Waals surface area (Å²) in [5, 5.41) is 0. The van der Waals surface area contributed by atoms with Crippen molar-refractivity contribution in [3.8, 4) is 0 Å². The lowest BCUT2D eigenvalue weighted by atomic mass is 9.75. The molecule has 0 aliphatic heterocycles. The van der Waals surface area contributed by atoms with Gasteiger partial charge in [0.15, 0.2) is 0 Å². The molecule has 1 nitrogen and oxygen atoms in total.